The van der Waals surface area contributed by atoms with Crippen LogP contribution in [0.15, 0.2) is 0 Å². The SMILES string of the molecule is CCCCCC.[C-]#[O+].[C-]#[O+].[C-]#[O+].[C-]#[O+].[C-]#[O+].[C-]#[O+].[Co].[Co]. The van der Waals surface area contributed by atoms with E-state index in [1.807, 2.05) is 0 Å². The van der Waals surface area contributed by atoms with Gasteiger partial charge in [0, 0.05) is 33.6 Å². The second kappa shape index (κ2) is 471. The third-order valence-electron chi connectivity index (χ3n) is 0.957. The van der Waals surface area contributed by atoms with Crippen molar-refractivity contribution in [3.05, 3.63) is 39.9 Å². The molecule has 0 aliphatic rings. The predicted octanol–water partition coefficient (Wildman–Crippen LogP) is 2.36. The largest absolute Gasteiger partial charge is 0 e. The first kappa shape index (κ1) is 60.6. The summed E-state index contributed by atoms with van der Waals surface area (Å²) < 4.78 is 45.0. The van der Waals surface area contributed by atoms with Gasteiger partial charge in [0.25, 0.3) is 0 Å². The third kappa shape index (κ3) is 785. The van der Waals surface area contributed by atoms with E-state index in [4.69, 9.17) is 27.9 Å². The summed E-state index contributed by atoms with van der Waals surface area (Å²) in [5.74, 6) is 0. The second-order valence-electron chi connectivity index (χ2n) is 1.71. The van der Waals surface area contributed by atoms with E-state index >= 15 is 0 Å². The Balaban J connectivity index is -0.0000000109. The Morgan fingerprint density at radius 3 is 0.600 bits per heavy atom. The van der Waals surface area contributed by atoms with Crippen LogP contribution in [0.25, 0.3) is 0 Å². The molecule has 0 aromatic heterocycles. The Kier molecular flexibility index (Phi) is 1430. The molecule has 0 unspecified atom stereocenters. The predicted molar refractivity (Wildman–Crippen MR) is 53.4 cm³/mol. The van der Waals surface area contributed by atoms with Crippen molar-refractivity contribution in [2.45, 2.75) is 39.5 Å². The van der Waals surface area contributed by atoms with Crippen molar-refractivity contribution in [3.8, 4) is 0 Å². The molecule has 0 aliphatic heterocycles. The minimum absolute atomic E-state index is 0. The summed E-state index contributed by atoms with van der Waals surface area (Å²) in [6.07, 6.45) is 5.54. The van der Waals surface area contributed by atoms with Crippen molar-refractivity contribution in [3.63, 3.8) is 0 Å². The molecule has 0 atom stereocenters. The first-order valence-electron chi connectivity index (χ1n) is 4.14. The van der Waals surface area contributed by atoms with Gasteiger partial charge in [0.05, 0.1) is 0 Å². The maximum absolute atomic E-state index is 7.50. The van der Waals surface area contributed by atoms with Crippen LogP contribution in [-0.2, 0) is 61.5 Å². The average molecular weight is 372 g/mol. The van der Waals surface area contributed by atoms with Gasteiger partial charge >= 0.3 is 67.8 Å². The molecular formula is C12H14Co2O6. The molecule has 0 spiro atoms. The molecule has 8 heteroatoms. The summed E-state index contributed by atoms with van der Waals surface area (Å²) in [4.78, 5) is 0. The average Bonchev–Trinajstić information content (AvgIpc) is 2.57. The minimum Gasteiger partial charge on any atom is 0 e. The van der Waals surface area contributed by atoms with Gasteiger partial charge in [-0.15, -0.1) is 0 Å². The van der Waals surface area contributed by atoms with Crippen LogP contribution in [0.4, 0.5) is 0 Å². The maximum Gasteiger partial charge on any atom is 0 e. The molecule has 116 valence electrons. The van der Waals surface area contributed by atoms with Crippen LogP contribution < -0.4 is 0 Å². The van der Waals surface area contributed by atoms with Crippen LogP contribution in [0, 0.1) is 39.9 Å². The molecule has 0 saturated heterocycles. The smallest absolute Gasteiger partial charge is 0 e. The molecule has 0 rings (SSSR count). The van der Waals surface area contributed by atoms with Crippen molar-refractivity contribution in [2.24, 2.45) is 0 Å². The summed E-state index contributed by atoms with van der Waals surface area (Å²) in [5, 5.41) is 0. The van der Waals surface area contributed by atoms with Crippen molar-refractivity contribution in [1.82, 2.24) is 0 Å². The number of unbranched alkanes of at least 4 members (excludes halogenated alkanes) is 3. The van der Waals surface area contributed by atoms with Gasteiger partial charge in [0.2, 0.25) is 0 Å². The van der Waals surface area contributed by atoms with Crippen LogP contribution in [0.5, 0.6) is 0 Å². The van der Waals surface area contributed by atoms with Crippen molar-refractivity contribution < 1.29 is 61.5 Å². The first-order valence-corrected chi connectivity index (χ1v) is 4.14. The van der Waals surface area contributed by atoms with Crippen LogP contribution in [0.3, 0.4) is 0 Å². The standard InChI is InChI=1S/C6H14.6CO.2Co/c1-3-5-6-4-2;6*1-2;;/h3-6H2,1-2H3;;;;;;;;. The van der Waals surface area contributed by atoms with E-state index in [0.717, 1.165) is 0 Å². The van der Waals surface area contributed by atoms with E-state index in [1.54, 1.807) is 0 Å². The van der Waals surface area contributed by atoms with Gasteiger partial charge in [-0.2, -0.15) is 0 Å². The van der Waals surface area contributed by atoms with Gasteiger partial charge in [0.1, 0.15) is 0 Å². The number of rotatable bonds is 3. The van der Waals surface area contributed by atoms with Crippen LogP contribution in [0.1, 0.15) is 39.5 Å². The fourth-order valence-corrected chi connectivity index (χ4v) is 0.500. The quantitative estimate of drug-likeness (QED) is 0.411. The maximum atomic E-state index is 7.50. The monoisotopic (exact) mass is 372 g/mol. The molecule has 0 amide bonds. The molecule has 0 fully saturated rings. The van der Waals surface area contributed by atoms with Crippen molar-refractivity contribution in [2.75, 3.05) is 0 Å². The molecule has 2 radical (unpaired) electrons. The molecule has 0 aromatic rings. The summed E-state index contributed by atoms with van der Waals surface area (Å²) >= 11 is 0. The van der Waals surface area contributed by atoms with Gasteiger partial charge in [-0.05, 0) is 0 Å². The molecule has 0 aliphatic carbocycles. The van der Waals surface area contributed by atoms with Crippen LogP contribution in [-0.4, -0.2) is 0 Å². The third-order valence-corrected chi connectivity index (χ3v) is 0.957. The number of hydrogen-bond acceptors (Lipinski definition) is 0. The Bertz CT molecular complexity index is 143. The minimum atomic E-state index is 0. The topological polar surface area (TPSA) is 119 Å². The van der Waals surface area contributed by atoms with E-state index < -0.39 is 0 Å². The Morgan fingerprint density at radius 2 is 0.550 bits per heavy atom. The van der Waals surface area contributed by atoms with Crippen molar-refractivity contribution >= 4 is 0 Å². The van der Waals surface area contributed by atoms with E-state index in [9.17, 15) is 0 Å². The van der Waals surface area contributed by atoms with Gasteiger partial charge < -0.3 is 0 Å². The molecule has 0 aromatic carbocycles. The zero-order valence-corrected chi connectivity index (χ0v) is 13.0. The summed E-state index contributed by atoms with van der Waals surface area (Å²) in [6, 6.07) is 0. The van der Waals surface area contributed by atoms with Gasteiger partial charge in [-0.3, -0.25) is 0 Å². The number of hydrogen-bond donors (Lipinski definition) is 0. The summed E-state index contributed by atoms with van der Waals surface area (Å²) in [6.45, 7) is 31.5. The van der Waals surface area contributed by atoms with Gasteiger partial charge in [-0.1, -0.05) is 39.5 Å². The van der Waals surface area contributed by atoms with E-state index in [1.165, 1.54) is 25.7 Å². The van der Waals surface area contributed by atoms with E-state index in [2.05, 4.69) is 53.7 Å². The molecule has 6 nitrogen and oxygen atoms in total. The van der Waals surface area contributed by atoms with Crippen LogP contribution >= 0.6 is 0 Å². The summed E-state index contributed by atoms with van der Waals surface area (Å²) in [5.41, 5.74) is 0. The zero-order valence-electron chi connectivity index (χ0n) is 10.9. The van der Waals surface area contributed by atoms with Gasteiger partial charge in [0.15, 0.2) is 0 Å². The zero-order chi connectivity index (χ0) is 16.8. The Labute approximate surface area is 141 Å². The Morgan fingerprint density at radius 1 is 0.450 bits per heavy atom. The molecule has 0 saturated carbocycles. The first-order chi connectivity index (χ1) is 8.91. The van der Waals surface area contributed by atoms with Crippen molar-refractivity contribution in [1.29, 1.82) is 0 Å². The second-order valence-corrected chi connectivity index (χ2v) is 1.71. The molecule has 0 bridgehead atoms. The van der Waals surface area contributed by atoms with Crippen LogP contribution in [0.2, 0.25) is 0 Å². The molecular weight excluding hydrogens is 358 g/mol. The van der Waals surface area contributed by atoms with E-state index in [0.29, 0.717) is 0 Å². The molecule has 20 heavy (non-hydrogen) atoms. The Hall–Kier alpha value is -0.547. The fraction of sp³-hybridized carbons (Fsp3) is 0.500. The van der Waals surface area contributed by atoms with Gasteiger partial charge in [-0.25, -0.2) is 0 Å². The molecule has 0 N–H and O–H groups in total. The fourth-order valence-electron chi connectivity index (χ4n) is 0.500. The summed E-state index contributed by atoms with van der Waals surface area (Å²) in [7, 11) is 0. The van der Waals surface area contributed by atoms with E-state index in [-0.39, 0.29) is 33.6 Å². The normalized spacial score (nSPS) is 3.30. The molecule has 0 heterocycles.